The lowest BCUT2D eigenvalue weighted by atomic mass is 9.80. The summed E-state index contributed by atoms with van der Waals surface area (Å²) in [6, 6.07) is 13.6. The minimum absolute atomic E-state index is 0.0193. The standard InChI is InChI=1S/C18H17ClO2/c1-21-15-8-9-16(17(19)11-15)18(20)14-7-6-12-4-2-3-5-13(12)10-14/h2-5,8-9,11,14H,6-7,10H2,1H3. The van der Waals surface area contributed by atoms with Gasteiger partial charge in [0.25, 0.3) is 0 Å². The molecule has 0 radical (unpaired) electrons. The van der Waals surface area contributed by atoms with Crippen molar-refractivity contribution in [3.8, 4) is 5.75 Å². The molecule has 0 bridgehead atoms. The number of methoxy groups -OCH3 is 1. The summed E-state index contributed by atoms with van der Waals surface area (Å²) in [6.45, 7) is 0. The number of Topliss-reactive ketones (excluding diaryl/α,β-unsaturated/α-hetero) is 1. The van der Waals surface area contributed by atoms with Crippen molar-refractivity contribution in [1.29, 1.82) is 0 Å². The molecule has 0 aliphatic heterocycles. The van der Waals surface area contributed by atoms with Crippen LogP contribution in [0.15, 0.2) is 42.5 Å². The van der Waals surface area contributed by atoms with Gasteiger partial charge in [0.1, 0.15) is 5.75 Å². The average Bonchev–Trinajstić information content (AvgIpc) is 2.53. The second kappa shape index (κ2) is 5.90. The fraction of sp³-hybridized carbons (Fsp3) is 0.278. The van der Waals surface area contributed by atoms with E-state index in [4.69, 9.17) is 16.3 Å². The van der Waals surface area contributed by atoms with E-state index in [0.29, 0.717) is 16.3 Å². The van der Waals surface area contributed by atoms with Gasteiger partial charge >= 0.3 is 0 Å². The molecule has 1 aliphatic rings. The van der Waals surface area contributed by atoms with E-state index in [2.05, 4.69) is 18.2 Å². The Hall–Kier alpha value is -1.80. The molecule has 2 aromatic rings. The summed E-state index contributed by atoms with van der Waals surface area (Å²) >= 11 is 6.22. The molecule has 3 rings (SSSR count). The van der Waals surface area contributed by atoms with E-state index in [1.807, 2.05) is 6.07 Å². The van der Waals surface area contributed by atoms with Crippen LogP contribution in [0.2, 0.25) is 5.02 Å². The summed E-state index contributed by atoms with van der Waals surface area (Å²) in [4.78, 5) is 12.7. The van der Waals surface area contributed by atoms with Crippen molar-refractivity contribution in [2.75, 3.05) is 7.11 Å². The zero-order valence-electron chi connectivity index (χ0n) is 11.9. The van der Waals surface area contributed by atoms with Crippen molar-refractivity contribution in [2.24, 2.45) is 5.92 Å². The van der Waals surface area contributed by atoms with Crippen molar-refractivity contribution in [3.05, 3.63) is 64.2 Å². The van der Waals surface area contributed by atoms with Crippen molar-refractivity contribution < 1.29 is 9.53 Å². The van der Waals surface area contributed by atoms with Crippen LogP contribution in [-0.4, -0.2) is 12.9 Å². The third kappa shape index (κ3) is 2.81. The lowest BCUT2D eigenvalue weighted by molar-refractivity contribution is 0.0909. The number of ketones is 1. The van der Waals surface area contributed by atoms with Crippen molar-refractivity contribution in [1.82, 2.24) is 0 Å². The molecule has 2 aromatic carbocycles. The van der Waals surface area contributed by atoms with E-state index in [0.717, 1.165) is 19.3 Å². The van der Waals surface area contributed by atoms with E-state index >= 15 is 0 Å². The number of benzene rings is 2. The molecule has 108 valence electrons. The number of aryl methyl sites for hydroxylation is 1. The Balaban J connectivity index is 1.84. The number of carbonyl (C=O) groups is 1. The zero-order chi connectivity index (χ0) is 14.8. The van der Waals surface area contributed by atoms with Crippen LogP contribution in [0.4, 0.5) is 0 Å². The molecule has 0 saturated carbocycles. The minimum Gasteiger partial charge on any atom is -0.497 e. The monoisotopic (exact) mass is 300 g/mol. The Bertz CT molecular complexity index is 679. The molecule has 0 heterocycles. The molecule has 0 aromatic heterocycles. The third-order valence-electron chi connectivity index (χ3n) is 4.16. The van der Waals surface area contributed by atoms with Crippen LogP contribution in [0.5, 0.6) is 5.75 Å². The number of hydrogen-bond acceptors (Lipinski definition) is 2. The molecule has 1 aliphatic carbocycles. The molecular formula is C18H17ClO2. The largest absolute Gasteiger partial charge is 0.497 e. The van der Waals surface area contributed by atoms with E-state index in [9.17, 15) is 4.79 Å². The zero-order valence-corrected chi connectivity index (χ0v) is 12.7. The first-order chi connectivity index (χ1) is 10.2. The van der Waals surface area contributed by atoms with Gasteiger partial charge < -0.3 is 4.74 Å². The summed E-state index contributed by atoms with van der Waals surface area (Å²) in [5.41, 5.74) is 3.25. The number of rotatable bonds is 3. The first kappa shape index (κ1) is 14.2. The molecule has 2 nitrogen and oxygen atoms in total. The Morgan fingerprint density at radius 1 is 1.19 bits per heavy atom. The molecule has 3 heteroatoms. The highest BCUT2D eigenvalue weighted by Gasteiger charge is 2.26. The first-order valence-electron chi connectivity index (χ1n) is 7.13. The Labute approximate surface area is 129 Å². The van der Waals surface area contributed by atoms with Gasteiger partial charge in [0.15, 0.2) is 5.78 Å². The highest BCUT2D eigenvalue weighted by molar-refractivity contribution is 6.34. The second-order valence-electron chi connectivity index (χ2n) is 5.42. The van der Waals surface area contributed by atoms with Crippen LogP contribution in [0.25, 0.3) is 0 Å². The van der Waals surface area contributed by atoms with Gasteiger partial charge in [0.2, 0.25) is 0 Å². The summed E-state index contributed by atoms with van der Waals surface area (Å²) in [7, 11) is 1.59. The Morgan fingerprint density at radius 2 is 1.95 bits per heavy atom. The maximum atomic E-state index is 12.7. The Morgan fingerprint density at radius 3 is 2.67 bits per heavy atom. The quantitative estimate of drug-likeness (QED) is 0.788. The van der Waals surface area contributed by atoms with Crippen LogP contribution >= 0.6 is 11.6 Å². The molecule has 21 heavy (non-hydrogen) atoms. The summed E-state index contributed by atoms with van der Waals surface area (Å²) < 4.78 is 5.13. The minimum atomic E-state index is 0.0193. The number of fused-ring (bicyclic) bond motifs is 1. The predicted octanol–water partition coefficient (Wildman–Crippen LogP) is 4.34. The lowest BCUT2D eigenvalue weighted by Gasteiger charge is -2.24. The molecule has 0 spiro atoms. The van der Waals surface area contributed by atoms with Crippen molar-refractivity contribution in [3.63, 3.8) is 0 Å². The van der Waals surface area contributed by atoms with Gasteiger partial charge in [-0.2, -0.15) is 0 Å². The van der Waals surface area contributed by atoms with Gasteiger partial charge in [-0.25, -0.2) is 0 Å². The lowest BCUT2D eigenvalue weighted by Crippen LogP contribution is -2.23. The fourth-order valence-electron chi connectivity index (χ4n) is 2.96. The first-order valence-corrected chi connectivity index (χ1v) is 7.51. The number of halogens is 1. The average molecular weight is 301 g/mol. The molecular weight excluding hydrogens is 284 g/mol. The van der Waals surface area contributed by atoms with Gasteiger partial charge in [-0.05, 0) is 48.6 Å². The SMILES string of the molecule is COc1ccc(C(=O)C2CCc3ccccc3C2)c(Cl)c1. The summed E-state index contributed by atoms with van der Waals surface area (Å²) in [6.07, 6.45) is 2.65. The molecule has 1 unspecified atom stereocenters. The predicted molar refractivity (Wildman–Crippen MR) is 84.3 cm³/mol. The maximum absolute atomic E-state index is 12.7. The maximum Gasteiger partial charge on any atom is 0.167 e. The van der Waals surface area contributed by atoms with Crippen LogP contribution in [0.3, 0.4) is 0 Å². The molecule has 0 fully saturated rings. The van der Waals surface area contributed by atoms with E-state index in [-0.39, 0.29) is 11.7 Å². The van der Waals surface area contributed by atoms with Crippen molar-refractivity contribution in [2.45, 2.75) is 19.3 Å². The highest BCUT2D eigenvalue weighted by atomic mass is 35.5. The molecule has 1 atom stereocenters. The smallest absolute Gasteiger partial charge is 0.167 e. The topological polar surface area (TPSA) is 26.3 Å². The molecule has 0 saturated heterocycles. The number of hydrogen-bond donors (Lipinski definition) is 0. The normalized spacial score (nSPS) is 17.1. The summed E-state index contributed by atoms with van der Waals surface area (Å²) in [5.74, 6) is 0.827. The van der Waals surface area contributed by atoms with Gasteiger partial charge in [0.05, 0.1) is 12.1 Å². The third-order valence-corrected chi connectivity index (χ3v) is 4.47. The van der Waals surface area contributed by atoms with Gasteiger partial charge in [0, 0.05) is 11.5 Å². The van der Waals surface area contributed by atoms with Gasteiger partial charge in [-0.1, -0.05) is 35.9 Å². The van der Waals surface area contributed by atoms with E-state index in [1.165, 1.54) is 11.1 Å². The molecule has 0 amide bonds. The van der Waals surface area contributed by atoms with Crippen LogP contribution < -0.4 is 4.74 Å². The van der Waals surface area contributed by atoms with E-state index in [1.54, 1.807) is 25.3 Å². The van der Waals surface area contributed by atoms with E-state index < -0.39 is 0 Å². The fourth-order valence-corrected chi connectivity index (χ4v) is 3.23. The summed E-state index contributed by atoms with van der Waals surface area (Å²) in [5, 5.41) is 0.471. The number of carbonyl (C=O) groups excluding carboxylic acids is 1. The van der Waals surface area contributed by atoms with Crippen LogP contribution in [0.1, 0.15) is 27.9 Å². The number of ether oxygens (including phenoxy) is 1. The van der Waals surface area contributed by atoms with Crippen molar-refractivity contribution >= 4 is 17.4 Å². The second-order valence-corrected chi connectivity index (χ2v) is 5.83. The Kier molecular flexibility index (Phi) is 3.98. The van der Waals surface area contributed by atoms with Crippen LogP contribution in [-0.2, 0) is 12.8 Å². The highest BCUT2D eigenvalue weighted by Crippen LogP contribution is 2.31. The van der Waals surface area contributed by atoms with Crippen LogP contribution in [0, 0.1) is 5.92 Å². The van der Waals surface area contributed by atoms with Gasteiger partial charge in [-0.3, -0.25) is 4.79 Å². The van der Waals surface area contributed by atoms with Gasteiger partial charge in [-0.15, -0.1) is 0 Å². The molecule has 0 N–H and O–H groups in total.